The molecule has 9 aromatic carbocycles. The molecule has 0 saturated heterocycles. The average Bonchev–Trinajstić information content (AvgIpc) is 3.88. The molecule has 0 spiro atoms. The molecule has 0 N–H and O–H groups in total. The van der Waals surface area contributed by atoms with Crippen LogP contribution in [0.2, 0.25) is 0 Å². The normalized spacial score (nSPS) is 12.6. The van der Waals surface area contributed by atoms with Crippen LogP contribution in [-0.4, -0.2) is 15.0 Å². The fourth-order valence-electron chi connectivity index (χ4n) is 9.52. The number of rotatable bonds is 7. The van der Waals surface area contributed by atoms with Gasteiger partial charge in [0.2, 0.25) is 0 Å². The Morgan fingerprint density at radius 3 is 1.32 bits per heavy atom. The predicted octanol–water partition coefficient (Wildman–Crippen LogP) is 14.5. The van der Waals surface area contributed by atoms with E-state index in [1.165, 1.54) is 33.4 Å². The first-order valence-electron chi connectivity index (χ1n) is 21.0. The summed E-state index contributed by atoms with van der Waals surface area (Å²) in [6.07, 6.45) is 0. The number of para-hydroxylation sites is 1. The molecule has 0 aliphatic heterocycles. The van der Waals surface area contributed by atoms with E-state index in [1.54, 1.807) is 0 Å². The highest BCUT2D eigenvalue weighted by molar-refractivity contribution is 6.05. The standard InChI is InChI=1S/C58H37N3O/c1-3-14-40(15-4-1)55-59-56(41-16-5-2-6-17-41)61-57(60-55)42-28-26-38(27-29-42)43-18-13-19-44(36-43)39-30-32-45(33-31-39)58(51-23-10-7-20-47(51)48-21-8-11-24-52(48)58)46-34-35-50-49-22-9-12-25-53(49)62-54(50)37-46/h1-37H. The van der Waals surface area contributed by atoms with E-state index in [1.807, 2.05) is 72.8 Å². The van der Waals surface area contributed by atoms with Crippen LogP contribution in [0, 0.1) is 0 Å². The molecule has 290 valence electrons. The van der Waals surface area contributed by atoms with Crippen LogP contribution in [0.25, 0.3) is 89.5 Å². The summed E-state index contributed by atoms with van der Waals surface area (Å²) in [5, 5.41) is 2.26. The van der Waals surface area contributed by atoms with Crippen LogP contribution in [0.15, 0.2) is 229 Å². The van der Waals surface area contributed by atoms with Gasteiger partial charge in [-0.2, -0.15) is 0 Å². The van der Waals surface area contributed by atoms with E-state index in [9.17, 15) is 0 Å². The highest BCUT2D eigenvalue weighted by Crippen LogP contribution is 2.56. The maximum Gasteiger partial charge on any atom is 0.164 e. The summed E-state index contributed by atoms with van der Waals surface area (Å²) in [5.41, 5.74) is 16.1. The van der Waals surface area contributed by atoms with E-state index in [0.717, 1.165) is 60.9 Å². The first-order valence-corrected chi connectivity index (χ1v) is 21.0. The van der Waals surface area contributed by atoms with Gasteiger partial charge in [-0.1, -0.05) is 206 Å². The van der Waals surface area contributed by atoms with E-state index in [-0.39, 0.29) is 0 Å². The van der Waals surface area contributed by atoms with Gasteiger partial charge in [0, 0.05) is 27.5 Å². The molecule has 0 bridgehead atoms. The van der Waals surface area contributed by atoms with Gasteiger partial charge in [0.1, 0.15) is 11.2 Å². The summed E-state index contributed by atoms with van der Waals surface area (Å²) >= 11 is 0. The molecular formula is C58H37N3O. The lowest BCUT2D eigenvalue weighted by atomic mass is 9.67. The van der Waals surface area contributed by atoms with Crippen LogP contribution < -0.4 is 0 Å². The highest BCUT2D eigenvalue weighted by atomic mass is 16.3. The predicted molar refractivity (Wildman–Crippen MR) is 252 cm³/mol. The van der Waals surface area contributed by atoms with Gasteiger partial charge in [-0.15, -0.1) is 0 Å². The van der Waals surface area contributed by atoms with Crippen LogP contribution >= 0.6 is 0 Å². The first kappa shape index (κ1) is 35.7. The van der Waals surface area contributed by atoms with E-state index < -0.39 is 5.41 Å². The fourth-order valence-corrected chi connectivity index (χ4v) is 9.52. The van der Waals surface area contributed by atoms with Crippen LogP contribution in [0.5, 0.6) is 0 Å². The summed E-state index contributed by atoms with van der Waals surface area (Å²) in [6.45, 7) is 0. The fraction of sp³-hybridized carbons (Fsp3) is 0.0172. The molecule has 4 heteroatoms. The van der Waals surface area contributed by atoms with Gasteiger partial charge in [0.25, 0.3) is 0 Å². The molecule has 0 saturated carbocycles. The molecule has 0 fully saturated rings. The number of furan rings is 1. The van der Waals surface area contributed by atoms with Crippen molar-refractivity contribution in [1.82, 2.24) is 15.0 Å². The lowest BCUT2D eigenvalue weighted by Crippen LogP contribution is -2.28. The maximum absolute atomic E-state index is 6.50. The first-order chi connectivity index (χ1) is 30.7. The van der Waals surface area contributed by atoms with Gasteiger partial charge in [-0.25, -0.2) is 15.0 Å². The van der Waals surface area contributed by atoms with E-state index in [4.69, 9.17) is 19.4 Å². The largest absolute Gasteiger partial charge is 0.456 e. The molecule has 2 heterocycles. The van der Waals surface area contributed by atoms with E-state index >= 15 is 0 Å². The summed E-state index contributed by atoms with van der Waals surface area (Å²) < 4.78 is 6.50. The SMILES string of the molecule is c1ccc(-c2nc(-c3ccccc3)nc(-c3ccc(-c4cccc(-c5ccc(C6(c7ccc8c(c7)oc7ccccc78)c7ccccc7-c7ccccc76)cc5)c4)cc3)n2)cc1. The van der Waals surface area contributed by atoms with Gasteiger partial charge in [-0.3, -0.25) is 0 Å². The molecular weight excluding hydrogens is 755 g/mol. The van der Waals surface area contributed by atoms with Gasteiger partial charge < -0.3 is 4.42 Å². The van der Waals surface area contributed by atoms with Gasteiger partial charge in [0.05, 0.1) is 5.41 Å². The van der Waals surface area contributed by atoms with Crippen molar-refractivity contribution in [3.63, 3.8) is 0 Å². The number of fused-ring (bicyclic) bond motifs is 6. The molecule has 1 aliphatic rings. The van der Waals surface area contributed by atoms with Crippen molar-refractivity contribution in [3.8, 4) is 67.5 Å². The van der Waals surface area contributed by atoms with Crippen LogP contribution in [0.3, 0.4) is 0 Å². The second kappa shape index (κ2) is 14.5. The van der Waals surface area contributed by atoms with Crippen molar-refractivity contribution in [2.24, 2.45) is 0 Å². The third kappa shape index (κ3) is 5.80. The van der Waals surface area contributed by atoms with Crippen molar-refractivity contribution in [2.45, 2.75) is 5.41 Å². The topological polar surface area (TPSA) is 51.8 Å². The molecule has 62 heavy (non-hydrogen) atoms. The van der Waals surface area contributed by atoms with Crippen molar-refractivity contribution in [3.05, 3.63) is 247 Å². The van der Waals surface area contributed by atoms with Crippen molar-refractivity contribution in [1.29, 1.82) is 0 Å². The highest BCUT2D eigenvalue weighted by Gasteiger charge is 2.46. The Balaban J connectivity index is 0.911. The number of benzene rings is 9. The Hall–Kier alpha value is -8.21. The van der Waals surface area contributed by atoms with E-state index in [2.05, 4.69) is 152 Å². The summed E-state index contributed by atoms with van der Waals surface area (Å²) in [4.78, 5) is 14.7. The zero-order valence-corrected chi connectivity index (χ0v) is 33.6. The lowest BCUT2D eigenvalue weighted by molar-refractivity contribution is 0.665. The molecule has 4 nitrogen and oxygen atoms in total. The smallest absolute Gasteiger partial charge is 0.164 e. The minimum Gasteiger partial charge on any atom is -0.456 e. The molecule has 1 aliphatic carbocycles. The van der Waals surface area contributed by atoms with Crippen LogP contribution in [-0.2, 0) is 5.41 Å². The van der Waals surface area contributed by atoms with Crippen molar-refractivity contribution < 1.29 is 4.42 Å². The molecule has 0 amide bonds. The maximum atomic E-state index is 6.50. The van der Waals surface area contributed by atoms with Gasteiger partial charge >= 0.3 is 0 Å². The second-order valence-corrected chi connectivity index (χ2v) is 15.9. The molecule has 0 radical (unpaired) electrons. The third-order valence-corrected chi connectivity index (χ3v) is 12.5. The Bertz CT molecular complexity index is 3340. The Labute approximate surface area is 359 Å². The average molecular weight is 792 g/mol. The lowest BCUT2D eigenvalue weighted by Gasteiger charge is -2.34. The molecule has 11 aromatic rings. The summed E-state index contributed by atoms with van der Waals surface area (Å²) in [7, 11) is 0. The summed E-state index contributed by atoms with van der Waals surface area (Å²) in [6, 6.07) is 79.5. The number of hydrogen-bond donors (Lipinski definition) is 0. The van der Waals surface area contributed by atoms with Crippen LogP contribution in [0.1, 0.15) is 22.3 Å². The Morgan fingerprint density at radius 2 is 0.726 bits per heavy atom. The third-order valence-electron chi connectivity index (χ3n) is 12.5. The monoisotopic (exact) mass is 791 g/mol. The Morgan fingerprint density at radius 1 is 0.290 bits per heavy atom. The quantitative estimate of drug-likeness (QED) is 0.161. The summed E-state index contributed by atoms with van der Waals surface area (Å²) in [5.74, 6) is 1.94. The molecule has 12 rings (SSSR count). The number of nitrogens with zero attached hydrogens (tertiary/aromatic N) is 3. The number of hydrogen-bond acceptors (Lipinski definition) is 4. The molecule has 0 atom stereocenters. The van der Waals surface area contributed by atoms with E-state index in [0.29, 0.717) is 17.5 Å². The second-order valence-electron chi connectivity index (χ2n) is 15.9. The minimum absolute atomic E-state index is 0.537. The zero-order valence-electron chi connectivity index (χ0n) is 33.6. The minimum atomic E-state index is -0.537. The molecule has 0 unspecified atom stereocenters. The van der Waals surface area contributed by atoms with Gasteiger partial charge in [0.15, 0.2) is 17.5 Å². The molecule has 2 aromatic heterocycles. The Kier molecular flexibility index (Phi) is 8.36. The van der Waals surface area contributed by atoms with Crippen LogP contribution in [0.4, 0.5) is 0 Å². The van der Waals surface area contributed by atoms with Gasteiger partial charge in [-0.05, 0) is 73.8 Å². The van der Waals surface area contributed by atoms with Crippen molar-refractivity contribution >= 4 is 21.9 Å². The van der Waals surface area contributed by atoms with Crippen molar-refractivity contribution in [2.75, 3.05) is 0 Å². The number of aromatic nitrogens is 3. The zero-order chi connectivity index (χ0) is 41.0.